The van der Waals surface area contributed by atoms with E-state index in [4.69, 9.17) is 13.9 Å². The van der Waals surface area contributed by atoms with Crippen molar-refractivity contribution in [1.82, 2.24) is 0 Å². The molecule has 0 amide bonds. The molecule has 0 unspecified atom stereocenters. The Balaban J connectivity index is 1.40. The first-order chi connectivity index (χ1) is 15.4. The Labute approximate surface area is 182 Å². The summed E-state index contributed by atoms with van der Waals surface area (Å²) < 4.78 is 42.7. The highest BCUT2D eigenvalue weighted by atomic mass is 32.2. The van der Waals surface area contributed by atoms with Crippen LogP contribution in [0.5, 0.6) is 5.75 Å². The molecule has 1 aliphatic rings. The number of benzene rings is 3. The van der Waals surface area contributed by atoms with Gasteiger partial charge in [-0.05, 0) is 29.7 Å². The number of ether oxygens (including phenoxy) is 2. The van der Waals surface area contributed by atoms with Gasteiger partial charge in [-0.15, -0.1) is 0 Å². The molecular formula is C23H17NO7S. The fourth-order valence-corrected chi connectivity index (χ4v) is 5.56. The van der Waals surface area contributed by atoms with Crippen molar-refractivity contribution >= 4 is 43.4 Å². The minimum Gasteiger partial charge on any atom is -0.497 e. The number of esters is 1. The highest BCUT2D eigenvalue weighted by Gasteiger charge is 2.37. The van der Waals surface area contributed by atoms with E-state index in [1.165, 1.54) is 19.2 Å². The molecule has 0 radical (unpaired) electrons. The van der Waals surface area contributed by atoms with Gasteiger partial charge in [-0.2, -0.15) is 0 Å². The molecule has 8 nitrogen and oxygen atoms in total. The van der Waals surface area contributed by atoms with Crippen LogP contribution in [0.15, 0.2) is 74.8 Å². The number of carbonyl (C=O) groups is 1. The molecule has 9 heteroatoms. The molecule has 5 rings (SSSR count). The molecule has 0 bridgehead atoms. The Kier molecular flexibility index (Phi) is 4.63. The molecule has 0 fully saturated rings. The van der Waals surface area contributed by atoms with Gasteiger partial charge >= 0.3 is 11.6 Å². The van der Waals surface area contributed by atoms with Crippen LogP contribution in [0.2, 0.25) is 0 Å². The van der Waals surface area contributed by atoms with Gasteiger partial charge in [-0.25, -0.2) is 13.2 Å². The zero-order chi connectivity index (χ0) is 22.5. The van der Waals surface area contributed by atoms with Crippen molar-refractivity contribution in [2.75, 3.05) is 18.0 Å². The van der Waals surface area contributed by atoms with Gasteiger partial charge in [0.25, 0.3) is 10.0 Å². The van der Waals surface area contributed by atoms with E-state index in [0.717, 1.165) is 9.69 Å². The first kappa shape index (κ1) is 20.1. The maximum atomic E-state index is 13.0. The van der Waals surface area contributed by atoms with Crippen molar-refractivity contribution in [3.8, 4) is 5.75 Å². The maximum absolute atomic E-state index is 13.0. The number of sulfonamides is 1. The van der Waals surface area contributed by atoms with Gasteiger partial charge in [-0.3, -0.25) is 9.10 Å². The largest absolute Gasteiger partial charge is 0.497 e. The Morgan fingerprint density at radius 3 is 2.62 bits per heavy atom. The Morgan fingerprint density at radius 2 is 1.84 bits per heavy atom. The maximum Gasteiger partial charge on any atom is 0.336 e. The summed E-state index contributed by atoms with van der Waals surface area (Å²) in [5.41, 5.74) is 0.586. The summed E-state index contributed by atoms with van der Waals surface area (Å²) in [6.45, 7) is -0.693. The van der Waals surface area contributed by atoms with E-state index in [-0.39, 0.29) is 11.5 Å². The normalized spacial score (nSPS) is 14.1. The minimum absolute atomic E-state index is 0.166. The highest BCUT2D eigenvalue weighted by Crippen LogP contribution is 2.41. The lowest BCUT2D eigenvalue weighted by molar-refractivity contribution is -0.143. The number of hydrogen-bond acceptors (Lipinski definition) is 7. The van der Waals surface area contributed by atoms with Crippen LogP contribution >= 0.6 is 0 Å². The van der Waals surface area contributed by atoms with Crippen LogP contribution in [0.1, 0.15) is 5.56 Å². The van der Waals surface area contributed by atoms with Gasteiger partial charge in [0.1, 0.15) is 24.5 Å². The van der Waals surface area contributed by atoms with Gasteiger partial charge in [0.15, 0.2) is 0 Å². The minimum atomic E-state index is -3.87. The van der Waals surface area contributed by atoms with Gasteiger partial charge < -0.3 is 13.9 Å². The molecule has 0 aliphatic carbocycles. The summed E-state index contributed by atoms with van der Waals surface area (Å²) in [5, 5.41) is 1.95. The van der Waals surface area contributed by atoms with Crippen LogP contribution in [0.25, 0.3) is 21.7 Å². The van der Waals surface area contributed by atoms with E-state index in [9.17, 15) is 18.0 Å². The Morgan fingerprint density at radius 1 is 1.06 bits per heavy atom. The number of methoxy groups -OCH3 is 1. The first-order valence-corrected chi connectivity index (χ1v) is 11.1. The molecule has 0 atom stereocenters. The van der Waals surface area contributed by atoms with Crippen molar-refractivity contribution in [1.29, 1.82) is 0 Å². The number of hydrogen-bond donors (Lipinski definition) is 0. The lowest BCUT2D eigenvalue weighted by Gasteiger charge is -2.18. The molecule has 4 aromatic rings. The van der Waals surface area contributed by atoms with Crippen molar-refractivity contribution in [3.63, 3.8) is 0 Å². The topological polar surface area (TPSA) is 103 Å². The zero-order valence-corrected chi connectivity index (χ0v) is 17.7. The molecule has 0 N–H and O–H groups in total. The van der Waals surface area contributed by atoms with Gasteiger partial charge in [-0.1, -0.05) is 24.3 Å². The van der Waals surface area contributed by atoms with E-state index in [2.05, 4.69) is 0 Å². The number of nitrogens with zero attached hydrogens (tertiary/aromatic N) is 1. The molecule has 32 heavy (non-hydrogen) atoms. The third-order valence-electron chi connectivity index (χ3n) is 5.38. The summed E-state index contributed by atoms with van der Waals surface area (Å²) in [6, 6.07) is 16.4. The third kappa shape index (κ3) is 3.18. The summed E-state index contributed by atoms with van der Waals surface area (Å²) in [7, 11) is -2.38. The Hall–Kier alpha value is -3.85. The summed E-state index contributed by atoms with van der Waals surface area (Å²) in [4.78, 5) is 24.7. The van der Waals surface area contributed by atoms with Gasteiger partial charge in [0.2, 0.25) is 0 Å². The van der Waals surface area contributed by atoms with Gasteiger partial charge in [0, 0.05) is 28.5 Å². The molecule has 0 saturated heterocycles. The van der Waals surface area contributed by atoms with Crippen LogP contribution in [-0.2, 0) is 26.2 Å². The van der Waals surface area contributed by atoms with Crippen molar-refractivity contribution in [2.45, 2.75) is 11.5 Å². The molecular weight excluding hydrogens is 434 g/mol. The molecule has 1 aromatic heterocycles. The van der Waals surface area contributed by atoms with Crippen molar-refractivity contribution in [3.05, 3.63) is 76.6 Å². The SMILES string of the molecule is COc1ccc2c(COC(=O)CN3c4cccc5cccc(c45)S3(=O)=O)cc(=O)oc2c1. The average Bonchev–Trinajstić information content (AvgIpc) is 3.00. The first-order valence-electron chi connectivity index (χ1n) is 9.69. The summed E-state index contributed by atoms with van der Waals surface area (Å²) in [6.07, 6.45) is 0. The van der Waals surface area contributed by atoms with Crippen LogP contribution in [0, 0.1) is 0 Å². The van der Waals surface area contributed by atoms with Crippen LogP contribution in [0.4, 0.5) is 5.69 Å². The molecule has 0 spiro atoms. The Bertz CT molecular complexity index is 1550. The second kappa shape index (κ2) is 7.38. The van der Waals surface area contributed by atoms with Crippen molar-refractivity contribution in [2.24, 2.45) is 0 Å². The quantitative estimate of drug-likeness (QED) is 0.339. The molecule has 3 aromatic carbocycles. The van der Waals surface area contributed by atoms with E-state index in [1.807, 2.05) is 12.1 Å². The third-order valence-corrected chi connectivity index (χ3v) is 7.18. The van der Waals surface area contributed by atoms with Gasteiger partial charge in [0.05, 0.1) is 17.7 Å². The lowest BCUT2D eigenvalue weighted by atomic mass is 10.1. The average molecular weight is 451 g/mol. The van der Waals surface area contributed by atoms with E-state index in [0.29, 0.717) is 33.4 Å². The monoisotopic (exact) mass is 451 g/mol. The number of carbonyl (C=O) groups excluding carboxylic acids is 1. The molecule has 2 heterocycles. The fourth-order valence-electron chi connectivity index (χ4n) is 3.91. The lowest BCUT2D eigenvalue weighted by Crippen LogP contribution is -2.33. The summed E-state index contributed by atoms with van der Waals surface area (Å²) >= 11 is 0. The van der Waals surface area contributed by atoms with Crippen molar-refractivity contribution < 1.29 is 27.1 Å². The standard InChI is InChI=1S/C23H17NO7S/c1-29-16-8-9-17-15(10-21(25)31-19(17)11-16)13-30-22(26)12-24-18-6-2-4-14-5-3-7-20(23(14)18)32(24,27)28/h2-11H,12-13H2,1H3. The highest BCUT2D eigenvalue weighted by molar-refractivity contribution is 7.93. The second-order valence-electron chi connectivity index (χ2n) is 7.26. The fraction of sp³-hybridized carbons (Fsp3) is 0.130. The van der Waals surface area contributed by atoms with E-state index >= 15 is 0 Å². The van der Waals surface area contributed by atoms with Crippen LogP contribution < -0.4 is 14.7 Å². The predicted octanol–water partition coefficient (Wildman–Crippen LogP) is 3.21. The van der Waals surface area contributed by atoms with E-state index < -0.39 is 28.2 Å². The molecule has 1 aliphatic heterocycles. The number of rotatable bonds is 5. The number of fused-ring (bicyclic) bond motifs is 1. The second-order valence-corrected chi connectivity index (χ2v) is 9.09. The van der Waals surface area contributed by atoms with Crippen LogP contribution in [0.3, 0.4) is 0 Å². The smallest absolute Gasteiger partial charge is 0.336 e. The zero-order valence-electron chi connectivity index (χ0n) is 16.9. The number of anilines is 1. The molecule has 162 valence electrons. The van der Waals surface area contributed by atoms with E-state index in [1.54, 1.807) is 36.4 Å². The molecule has 0 saturated carbocycles. The predicted molar refractivity (Wildman–Crippen MR) is 117 cm³/mol. The summed E-state index contributed by atoms with van der Waals surface area (Å²) in [5.74, 6) is -0.226. The van der Waals surface area contributed by atoms with Crippen LogP contribution in [-0.4, -0.2) is 28.0 Å².